The molecule has 1 aliphatic heterocycles. The third-order valence-electron chi connectivity index (χ3n) is 3.90. The van der Waals surface area contributed by atoms with E-state index in [-0.39, 0.29) is 12.3 Å². The molecular weight excluding hydrogens is 325 g/mol. The highest BCUT2D eigenvalue weighted by Crippen LogP contribution is 2.47. The van der Waals surface area contributed by atoms with Crippen LogP contribution >= 0.6 is 20.2 Å². The van der Waals surface area contributed by atoms with Crippen LogP contribution < -0.4 is 0 Å². The molecule has 0 saturated carbocycles. The van der Waals surface area contributed by atoms with Crippen molar-refractivity contribution in [3.8, 4) is 0 Å². The van der Waals surface area contributed by atoms with Crippen LogP contribution in [0.25, 0.3) is 0 Å². The average Bonchev–Trinajstić information content (AvgIpc) is 2.23. The Bertz CT molecular complexity index is 474. The van der Waals surface area contributed by atoms with Gasteiger partial charge in [-0.05, 0) is 19.3 Å². The fourth-order valence-electron chi connectivity index (χ4n) is 2.92. The molecule has 120 valence electrons. The lowest BCUT2D eigenvalue weighted by atomic mass is 9.94. The first kappa shape index (κ1) is 18.4. The molecule has 0 bridgehead atoms. The minimum Gasteiger partial charge on any atom is -0.325 e. The summed E-state index contributed by atoms with van der Waals surface area (Å²) in [5.41, 5.74) is 0. The Morgan fingerprint density at radius 2 is 2.05 bits per heavy atom. The number of thiol groups is 1. The maximum absolute atomic E-state index is 11.3. The van der Waals surface area contributed by atoms with Crippen molar-refractivity contribution in [2.24, 2.45) is 5.92 Å². The summed E-state index contributed by atoms with van der Waals surface area (Å²) in [6.07, 6.45) is 1.38. The smallest absolute Gasteiger partial charge is 0.325 e. The van der Waals surface area contributed by atoms with Crippen molar-refractivity contribution in [1.82, 2.24) is 0 Å². The van der Waals surface area contributed by atoms with E-state index in [1.165, 1.54) is 0 Å². The second-order valence-corrected chi connectivity index (χ2v) is 9.97. The summed E-state index contributed by atoms with van der Waals surface area (Å²) in [5, 5.41) is 0. The van der Waals surface area contributed by atoms with Gasteiger partial charge in [0.15, 0.2) is 4.99 Å². The van der Waals surface area contributed by atoms with Gasteiger partial charge in [-0.1, -0.05) is 0 Å². The van der Waals surface area contributed by atoms with Gasteiger partial charge in [-0.15, -0.1) is 0 Å². The third kappa shape index (κ3) is 5.29. The molecule has 10 heteroatoms. The normalized spacial score (nSPS) is 30.1. The van der Waals surface area contributed by atoms with Crippen LogP contribution in [0.3, 0.4) is 0 Å². The number of rotatable bonds is 6. The van der Waals surface area contributed by atoms with Crippen LogP contribution in [-0.2, 0) is 14.7 Å². The minimum atomic E-state index is -4.88. The van der Waals surface area contributed by atoms with Gasteiger partial charge < -0.3 is 14.3 Å². The van der Waals surface area contributed by atoms with Gasteiger partial charge in [0.05, 0.1) is 26.7 Å². The fraction of sp³-hybridized carbons (Fsp3) is 1.00. The van der Waals surface area contributed by atoms with E-state index >= 15 is 0 Å². The molecule has 0 aliphatic carbocycles. The van der Waals surface area contributed by atoms with Gasteiger partial charge in [0.2, 0.25) is 0 Å². The summed E-state index contributed by atoms with van der Waals surface area (Å²) in [5.74, 6) is 0.567. The summed E-state index contributed by atoms with van der Waals surface area (Å²) in [4.78, 5) is 16.3. The van der Waals surface area contributed by atoms with E-state index in [1.807, 2.05) is 7.05 Å². The number of hydrogen-bond donors (Lipinski definition) is 4. The van der Waals surface area contributed by atoms with Gasteiger partial charge in [-0.3, -0.25) is 9.12 Å². The molecule has 20 heavy (non-hydrogen) atoms. The molecule has 1 heterocycles. The van der Waals surface area contributed by atoms with Crippen molar-refractivity contribution in [3.63, 3.8) is 0 Å². The lowest BCUT2D eigenvalue weighted by Gasteiger charge is -2.41. The molecule has 1 fully saturated rings. The highest BCUT2D eigenvalue weighted by atomic mass is 32.2. The monoisotopic (exact) mass is 348 g/mol. The molecule has 0 radical (unpaired) electrons. The van der Waals surface area contributed by atoms with Crippen LogP contribution in [-0.4, -0.2) is 64.7 Å². The van der Waals surface area contributed by atoms with Crippen molar-refractivity contribution in [2.75, 3.05) is 32.4 Å². The average molecular weight is 348 g/mol. The Morgan fingerprint density at radius 1 is 1.45 bits per heavy atom. The van der Waals surface area contributed by atoms with Crippen molar-refractivity contribution < 1.29 is 31.8 Å². The first-order chi connectivity index (χ1) is 8.98. The van der Waals surface area contributed by atoms with E-state index in [4.69, 9.17) is 14.3 Å². The lowest BCUT2D eigenvalue weighted by Crippen LogP contribution is -2.52. The number of quaternary nitrogens is 1. The minimum absolute atomic E-state index is 0.131. The third-order valence-corrected chi connectivity index (χ3v) is 7.57. The predicted molar refractivity (Wildman–Crippen MR) is 79.4 cm³/mol. The molecular formula is C10H23NO6PS2+. The van der Waals surface area contributed by atoms with E-state index in [0.29, 0.717) is 23.2 Å². The maximum Gasteiger partial charge on any atom is 0.346 e. The standard InChI is InChI=1S/C10H22NO6PS2/c1-11(5-6-19)4-2-3-9(8-11)7-10(18(12,13)14)20(15,16)17/h9-10H,2-8H2,1H3,(H3-,12,13,14,15,16,17,19)/p+1. The highest BCUT2D eigenvalue weighted by molar-refractivity contribution is 7.93. The Balaban J connectivity index is 2.83. The first-order valence-electron chi connectivity index (χ1n) is 6.44. The maximum atomic E-state index is 11.3. The van der Waals surface area contributed by atoms with Gasteiger partial charge in [-0.25, -0.2) is 0 Å². The zero-order valence-corrected chi connectivity index (χ0v) is 14.0. The quantitative estimate of drug-likeness (QED) is 0.241. The molecule has 0 aromatic rings. The largest absolute Gasteiger partial charge is 0.346 e. The second-order valence-electron chi connectivity index (χ2n) is 5.78. The van der Waals surface area contributed by atoms with Crippen LogP contribution in [0.15, 0.2) is 0 Å². The highest BCUT2D eigenvalue weighted by Gasteiger charge is 2.43. The molecule has 0 spiro atoms. The van der Waals surface area contributed by atoms with Crippen LogP contribution in [0.1, 0.15) is 19.3 Å². The zero-order chi connectivity index (χ0) is 15.6. The topological polar surface area (TPSA) is 112 Å². The van der Waals surface area contributed by atoms with Crippen molar-refractivity contribution in [3.05, 3.63) is 0 Å². The van der Waals surface area contributed by atoms with Gasteiger partial charge >= 0.3 is 7.60 Å². The molecule has 0 amide bonds. The Hall–Kier alpha value is 0.370. The van der Waals surface area contributed by atoms with Gasteiger partial charge in [0, 0.05) is 11.7 Å². The van der Waals surface area contributed by atoms with Crippen LogP contribution in [0.4, 0.5) is 0 Å². The zero-order valence-electron chi connectivity index (χ0n) is 11.4. The van der Waals surface area contributed by atoms with E-state index in [9.17, 15) is 13.0 Å². The van der Waals surface area contributed by atoms with Crippen LogP contribution in [0, 0.1) is 5.92 Å². The summed E-state index contributed by atoms with van der Waals surface area (Å²) in [6.45, 7) is 2.42. The van der Waals surface area contributed by atoms with Crippen molar-refractivity contribution in [1.29, 1.82) is 0 Å². The van der Waals surface area contributed by atoms with Gasteiger partial charge in [-0.2, -0.15) is 21.0 Å². The molecule has 1 rings (SSSR count). The number of hydrogen-bond acceptors (Lipinski definition) is 4. The summed E-state index contributed by atoms with van der Waals surface area (Å²) >= 11 is 4.20. The molecule has 3 N–H and O–H groups in total. The number of likely N-dealkylation sites (tertiary alicyclic amines) is 1. The van der Waals surface area contributed by atoms with Crippen LogP contribution in [0.5, 0.6) is 0 Å². The Labute approximate surface area is 125 Å². The van der Waals surface area contributed by atoms with E-state index in [2.05, 4.69) is 12.6 Å². The summed E-state index contributed by atoms with van der Waals surface area (Å²) < 4.78 is 43.4. The summed E-state index contributed by atoms with van der Waals surface area (Å²) in [7, 11) is -7.61. The molecule has 0 aromatic heterocycles. The summed E-state index contributed by atoms with van der Waals surface area (Å²) in [6, 6.07) is 0. The van der Waals surface area contributed by atoms with Crippen molar-refractivity contribution in [2.45, 2.75) is 24.3 Å². The van der Waals surface area contributed by atoms with Crippen molar-refractivity contribution >= 4 is 30.3 Å². The Morgan fingerprint density at radius 3 is 2.50 bits per heavy atom. The number of piperidine rings is 1. The predicted octanol–water partition coefficient (Wildman–Crippen LogP) is 0.554. The van der Waals surface area contributed by atoms with E-state index < -0.39 is 22.7 Å². The van der Waals surface area contributed by atoms with E-state index in [0.717, 1.165) is 19.5 Å². The molecule has 7 nitrogen and oxygen atoms in total. The molecule has 0 aromatic carbocycles. The Kier molecular flexibility index (Phi) is 6.12. The first-order valence-corrected chi connectivity index (χ1v) is 10.3. The van der Waals surface area contributed by atoms with Gasteiger partial charge in [0.25, 0.3) is 10.1 Å². The second kappa shape index (κ2) is 6.64. The van der Waals surface area contributed by atoms with E-state index in [1.54, 1.807) is 0 Å². The lowest BCUT2D eigenvalue weighted by molar-refractivity contribution is -0.915. The SMILES string of the molecule is C[N+]1(CCS)CCCC(CC(P(=O)(O)O)S(=O)(=O)O)C1. The molecule has 3 atom stereocenters. The molecule has 1 saturated heterocycles. The molecule has 3 unspecified atom stereocenters. The number of nitrogens with zero attached hydrogens (tertiary/aromatic N) is 1. The fourth-order valence-corrected chi connectivity index (χ4v) is 5.88. The van der Waals surface area contributed by atoms with Crippen LogP contribution in [0.2, 0.25) is 0 Å². The molecule has 1 aliphatic rings. The van der Waals surface area contributed by atoms with Gasteiger partial charge in [0.1, 0.15) is 0 Å².